The summed E-state index contributed by atoms with van der Waals surface area (Å²) in [5, 5.41) is 19.1. The molecule has 5 heteroatoms. The Morgan fingerprint density at radius 2 is 1.81 bits per heavy atom. The SMILES string of the molecule is C#Cc1ccc(N2C=Nc3cc(O)c(O)cc3C2N)cc1. The molecular weight excluding hydrogens is 266 g/mol. The van der Waals surface area contributed by atoms with Gasteiger partial charge in [-0.15, -0.1) is 6.42 Å². The zero-order valence-electron chi connectivity index (χ0n) is 11.1. The number of anilines is 1. The molecule has 0 saturated heterocycles. The summed E-state index contributed by atoms with van der Waals surface area (Å²) in [6.45, 7) is 0. The van der Waals surface area contributed by atoms with Crippen molar-refractivity contribution in [2.45, 2.75) is 6.17 Å². The van der Waals surface area contributed by atoms with Crippen LogP contribution >= 0.6 is 0 Å². The molecule has 0 radical (unpaired) electrons. The highest BCUT2D eigenvalue weighted by Crippen LogP contribution is 2.39. The molecule has 0 aliphatic carbocycles. The quantitative estimate of drug-likeness (QED) is 0.552. The molecule has 5 nitrogen and oxygen atoms in total. The zero-order chi connectivity index (χ0) is 15.0. The molecule has 1 atom stereocenters. The van der Waals surface area contributed by atoms with E-state index in [9.17, 15) is 10.2 Å². The van der Waals surface area contributed by atoms with Crippen molar-refractivity contribution in [2.75, 3.05) is 4.90 Å². The number of aliphatic imine (C=N–C) groups is 1. The highest BCUT2D eigenvalue weighted by atomic mass is 16.3. The lowest BCUT2D eigenvalue weighted by atomic mass is 10.1. The molecule has 0 aromatic heterocycles. The van der Waals surface area contributed by atoms with Crippen LogP contribution in [0.15, 0.2) is 41.4 Å². The number of aromatic hydroxyl groups is 2. The number of hydrogen-bond acceptors (Lipinski definition) is 5. The second-order valence-electron chi connectivity index (χ2n) is 4.69. The van der Waals surface area contributed by atoms with Gasteiger partial charge in [0.05, 0.1) is 12.0 Å². The van der Waals surface area contributed by atoms with Gasteiger partial charge in [0.2, 0.25) is 0 Å². The molecule has 104 valence electrons. The predicted octanol–water partition coefficient (Wildman–Crippen LogP) is 2.22. The fourth-order valence-electron chi connectivity index (χ4n) is 2.23. The van der Waals surface area contributed by atoms with E-state index in [1.807, 2.05) is 24.3 Å². The van der Waals surface area contributed by atoms with Gasteiger partial charge in [-0.3, -0.25) is 0 Å². The lowest BCUT2D eigenvalue weighted by Crippen LogP contribution is -2.35. The smallest absolute Gasteiger partial charge is 0.159 e. The number of nitrogens with zero attached hydrogens (tertiary/aromatic N) is 2. The van der Waals surface area contributed by atoms with Crippen LogP contribution < -0.4 is 10.6 Å². The Balaban J connectivity index is 2.00. The molecule has 2 aromatic rings. The maximum atomic E-state index is 9.62. The fraction of sp³-hybridized carbons (Fsp3) is 0.0625. The van der Waals surface area contributed by atoms with Crippen molar-refractivity contribution in [1.82, 2.24) is 0 Å². The minimum Gasteiger partial charge on any atom is -0.504 e. The largest absolute Gasteiger partial charge is 0.504 e. The van der Waals surface area contributed by atoms with E-state index in [4.69, 9.17) is 12.2 Å². The Bertz CT molecular complexity index is 760. The molecule has 2 aromatic carbocycles. The predicted molar refractivity (Wildman–Crippen MR) is 81.7 cm³/mol. The van der Waals surface area contributed by atoms with Gasteiger partial charge in [0.15, 0.2) is 11.5 Å². The summed E-state index contributed by atoms with van der Waals surface area (Å²) in [5.74, 6) is 2.12. The Kier molecular flexibility index (Phi) is 3.01. The number of benzene rings is 2. The average molecular weight is 279 g/mol. The zero-order valence-corrected chi connectivity index (χ0v) is 11.1. The Morgan fingerprint density at radius 1 is 1.14 bits per heavy atom. The van der Waals surface area contributed by atoms with Crippen molar-refractivity contribution < 1.29 is 10.2 Å². The molecule has 1 heterocycles. The number of terminal acetylenes is 1. The van der Waals surface area contributed by atoms with Crippen LogP contribution in [0.1, 0.15) is 17.3 Å². The second-order valence-corrected chi connectivity index (χ2v) is 4.69. The Labute approximate surface area is 122 Å². The van der Waals surface area contributed by atoms with Crippen LogP contribution in [0.3, 0.4) is 0 Å². The molecule has 0 spiro atoms. The third-order valence-electron chi connectivity index (χ3n) is 3.40. The number of phenolic OH excluding ortho intramolecular Hbond substituents is 2. The maximum absolute atomic E-state index is 9.62. The summed E-state index contributed by atoms with van der Waals surface area (Å²) in [5.41, 5.74) is 9.00. The molecule has 0 fully saturated rings. The van der Waals surface area contributed by atoms with E-state index in [0.29, 0.717) is 11.3 Å². The first-order valence-electron chi connectivity index (χ1n) is 6.31. The van der Waals surface area contributed by atoms with E-state index < -0.39 is 6.17 Å². The summed E-state index contributed by atoms with van der Waals surface area (Å²) in [7, 11) is 0. The Hall–Kier alpha value is -2.97. The first kappa shape index (κ1) is 13.0. The number of hydrogen-bond donors (Lipinski definition) is 3. The van der Waals surface area contributed by atoms with Crippen LogP contribution in [0.4, 0.5) is 11.4 Å². The van der Waals surface area contributed by atoms with Gasteiger partial charge in [0.1, 0.15) is 6.17 Å². The van der Waals surface area contributed by atoms with Crippen LogP contribution in [0.5, 0.6) is 11.5 Å². The number of fused-ring (bicyclic) bond motifs is 1. The van der Waals surface area contributed by atoms with Crippen molar-refractivity contribution in [3.63, 3.8) is 0 Å². The summed E-state index contributed by atoms with van der Waals surface area (Å²) < 4.78 is 0. The number of nitrogens with two attached hydrogens (primary N) is 1. The normalized spacial score (nSPS) is 16.4. The van der Waals surface area contributed by atoms with Crippen molar-refractivity contribution in [2.24, 2.45) is 10.7 Å². The number of phenols is 2. The minimum absolute atomic E-state index is 0.218. The molecule has 3 rings (SSSR count). The molecule has 0 saturated carbocycles. The van der Waals surface area contributed by atoms with E-state index in [1.54, 1.807) is 11.2 Å². The van der Waals surface area contributed by atoms with Gasteiger partial charge in [0, 0.05) is 22.9 Å². The van der Waals surface area contributed by atoms with Crippen LogP contribution in [0, 0.1) is 12.3 Å². The fourth-order valence-corrected chi connectivity index (χ4v) is 2.23. The van der Waals surface area contributed by atoms with Crippen LogP contribution in [-0.2, 0) is 0 Å². The molecule has 0 bridgehead atoms. The van der Waals surface area contributed by atoms with Crippen LogP contribution in [0.2, 0.25) is 0 Å². The van der Waals surface area contributed by atoms with Gasteiger partial charge >= 0.3 is 0 Å². The first-order valence-corrected chi connectivity index (χ1v) is 6.31. The van der Waals surface area contributed by atoms with Gasteiger partial charge in [-0.2, -0.15) is 0 Å². The molecule has 1 aliphatic rings. The number of rotatable bonds is 1. The molecule has 21 heavy (non-hydrogen) atoms. The van der Waals surface area contributed by atoms with Crippen LogP contribution in [0.25, 0.3) is 0 Å². The van der Waals surface area contributed by atoms with Gasteiger partial charge in [-0.05, 0) is 30.3 Å². The summed E-state index contributed by atoms with van der Waals surface area (Å²) in [4.78, 5) is 6.02. The standard InChI is InChI=1S/C16H13N3O2/c1-2-10-3-5-11(6-4-10)19-9-18-13-8-15(21)14(20)7-12(13)16(19)17/h1,3-9,16,20-21H,17H2. The van der Waals surface area contributed by atoms with E-state index in [2.05, 4.69) is 10.9 Å². The van der Waals surface area contributed by atoms with Crippen molar-refractivity contribution in [3.8, 4) is 23.8 Å². The highest BCUT2D eigenvalue weighted by molar-refractivity contribution is 5.86. The summed E-state index contributed by atoms with van der Waals surface area (Å²) in [6, 6.07) is 10.2. The van der Waals surface area contributed by atoms with Crippen LogP contribution in [-0.4, -0.2) is 16.6 Å². The lowest BCUT2D eigenvalue weighted by molar-refractivity contribution is 0.403. The molecule has 4 N–H and O–H groups in total. The third-order valence-corrected chi connectivity index (χ3v) is 3.40. The van der Waals surface area contributed by atoms with Gasteiger partial charge in [-0.25, -0.2) is 4.99 Å². The van der Waals surface area contributed by atoms with Gasteiger partial charge < -0.3 is 20.8 Å². The molecule has 1 unspecified atom stereocenters. The first-order chi connectivity index (χ1) is 10.1. The second kappa shape index (κ2) is 4.85. The Morgan fingerprint density at radius 3 is 2.48 bits per heavy atom. The molecular formula is C16H13N3O2. The monoisotopic (exact) mass is 279 g/mol. The third kappa shape index (κ3) is 2.18. The maximum Gasteiger partial charge on any atom is 0.159 e. The van der Waals surface area contributed by atoms with E-state index in [0.717, 1.165) is 11.3 Å². The summed E-state index contributed by atoms with van der Waals surface area (Å²) in [6.07, 6.45) is 6.41. The topological polar surface area (TPSA) is 82.1 Å². The van der Waals surface area contributed by atoms with Gasteiger partial charge in [-0.1, -0.05) is 5.92 Å². The van der Waals surface area contributed by atoms with Gasteiger partial charge in [0.25, 0.3) is 0 Å². The molecule has 0 amide bonds. The van der Waals surface area contributed by atoms with Crippen molar-refractivity contribution in [3.05, 3.63) is 47.5 Å². The van der Waals surface area contributed by atoms with E-state index >= 15 is 0 Å². The van der Waals surface area contributed by atoms with Crippen molar-refractivity contribution >= 4 is 17.7 Å². The van der Waals surface area contributed by atoms with Crippen molar-refractivity contribution in [1.29, 1.82) is 0 Å². The van der Waals surface area contributed by atoms with E-state index in [1.165, 1.54) is 12.1 Å². The highest BCUT2D eigenvalue weighted by Gasteiger charge is 2.24. The summed E-state index contributed by atoms with van der Waals surface area (Å²) >= 11 is 0. The molecule has 1 aliphatic heterocycles. The minimum atomic E-state index is -0.513. The average Bonchev–Trinajstić information content (AvgIpc) is 2.50. The van der Waals surface area contributed by atoms with E-state index in [-0.39, 0.29) is 11.5 Å². The lowest BCUT2D eigenvalue weighted by Gasteiger charge is -2.31.